The van der Waals surface area contributed by atoms with Gasteiger partial charge < -0.3 is 5.32 Å². The molecule has 1 aliphatic carbocycles. The molecule has 1 aliphatic heterocycles. The van der Waals surface area contributed by atoms with Crippen LogP contribution < -0.4 is 5.32 Å². The van der Waals surface area contributed by atoms with Crippen LogP contribution in [0.1, 0.15) is 39.0 Å². The number of piperidine rings is 1. The Kier molecular flexibility index (Phi) is 4.42. The van der Waals surface area contributed by atoms with Crippen molar-refractivity contribution in [2.24, 2.45) is 5.92 Å². The van der Waals surface area contributed by atoms with E-state index < -0.39 is 0 Å². The van der Waals surface area contributed by atoms with Crippen molar-refractivity contribution in [3.05, 3.63) is 12.2 Å². The lowest BCUT2D eigenvalue weighted by molar-refractivity contribution is 0.194. The van der Waals surface area contributed by atoms with Crippen LogP contribution in [0.15, 0.2) is 12.2 Å². The third kappa shape index (κ3) is 3.91. The second-order valence-electron chi connectivity index (χ2n) is 5.51. The van der Waals surface area contributed by atoms with Gasteiger partial charge in [0.2, 0.25) is 0 Å². The second-order valence-corrected chi connectivity index (χ2v) is 5.51. The molecule has 0 radical (unpaired) electrons. The molecule has 0 unspecified atom stereocenters. The highest BCUT2D eigenvalue weighted by Gasteiger charge is 2.24. The van der Waals surface area contributed by atoms with E-state index in [1.165, 1.54) is 50.9 Å². The van der Waals surface area contributed by atoms with Crippen molar-refractivity contribution in [2.75, 3.05) is 26.2 Å². The monoisotopic (exact) mass is 222 g/mol. The van der Waals surface area contributed by atoms with E-state index in [1.807, 2.05) is 0 Å². The van der Waals surface area contributed by atoms with Crippen molar-refractivity contribution in [1.29, 1.82) is 0 Å². The second kappa shape index (κ2) is 5.83. The Balaban J connectivity index is 1.59. The van der Waals surface area contributed by atoms with Gasteiger partial charge in [-0.3, -0.25) is 4.90 Å². The third-order valence-corrected chi connectivity index (χ3v) is 3.93. The van der Waals surface area contributed by atoms with Crippen LogP contribution in [-0.2, 0) is 0 Å². The van der Waals surface area contributed by atoms with Crippen molar-refractivity contribution in [3.8, 4) is 0 Å². The van der Waals surface area contributed by atoms with E-state index in [9.17, 15) is 0 Å². The van der Waals surface area contributed by atoms with E-state index in [-0.39, 0.29) is 0 Å². The molecule has 1 saturated heterocycles. The minimum absolute atomic E-state index is 0.873. The molecular weight excluding hydrogens is 196 g/mol. The molecule has 0 aromatic heterocycles. The molecule has 0 spiro atoms. The molecule has 92 valence electrons. The summed E-state index contributed by atoms with van der Waals surface area (Å²) >= 11 is 0. The molecule has 2 aliphatic rings. The van der Waals surface area contributed by atoms with Crippen molar-refractivity contribution in [3.63, 3.8) is 0 Å². The molecule has 2 fully saturated rings. The van der Waals surface area contributed by atoms with Gasteiger partial charge in [0.25, 0.3) is 0 Å². The van der Waals surface area contributed by atoms with Crippen LogP contribution >= 0.6 is 0 Å². The van der Waals surface area contributed by atoms with Crippen LogP contribution in [0.2, 0.25) is 0 Å². The lowest BCUT2D eigenvalue weighted by Crippen LogP contribution is -2.38. The van der Waals surface area contributed by atoms with Crippen LogP contribution in [0.4, 0.5) is 0 Å². The Labute approximate surface area is 100 Å². The number of hydrogen-bond donors (Lipinski definition) is 1. The predicted octanol–water partition coefficient (Wildman–Crippen LogP) is 2.42. The first kappa shape index (κ1) is 12.1. The Bertz CT molecular complexity index is 225. The SMILES string of the molecule is C=C(CC)CN1CCC(CNC2CC2)CC1. The van der Waals surface area contributed by atoms with E-state index in [2.05, 4.69) is 23.7 Å². The van der Waals surface area contributed by atoms with Gasteiger partial charge in [0.15, 0.2) is 0 Å². The summed E-state index contributed by atoms with van der Waals surface area (Å²) in [6.07, 6.45) is 6.70. The average molecular weight is 222 g/mol. The van der Waals surface area contributed by atoms with Gasteiger partial charge in [-0.15, -0.1) is 0 Å². The standard InChI is InChI=1S/C14H26N2/c1-3-12(2)11-16-8-6-13(7-9-16)10-15-14-4-5-14/h13-15H,2-11H2,1H3. The maximum absolute atomic E-state index is 4.10. The third-order valence-electron chi connectivity index (χ3n) is 3.93. The van der Waals surface area contributed by atoms with E-state index in [4.69, 9.17) is 0 Å². The molecule has 0 aromatic carbocycles. The van der Waals surface area contributed by atoms with E-state index in [1.54, 1.807) is 0 Å². The molecule has 2 rings (SSSR count). The summed E-state index contributed by atoms with van der Waals surface area (Å²) in [5, 5.41) is 3.66. The zero-order valence-corrected chi connectivity index (χ0v) is 10.7. The smallest absolute Gasteiger partial charge is 0.0190 e. The molecule has 0 atom stereocenters. The van der Waals surface area contributed by atoms with Crippen molar-refractivity contribution < 1.29 is 0 Å². The van der Waals surface area contributed by atoms with Crippen LogP contribution in [0, 0.1) is 5.92 Å². The maximum atomic E-state index is 4.10. The normalized spacial score (nSPS) is 23.6. The van der Waals surface area contributed by atoms with Crippen LogP contribution in [-0.4, -0.2) is 37.1 Å². The number of hydrogen-bond acceptors (Lipinski definition) is 2. The minimum atomic E-state index is 0.873. The summed E-state index contributed by atoms with van der Waals surface area (Å²) in [6.45, 7) is 11.2. The summed E-state index contributed by atoms with van der Waals surface area (Å²) in [5.74, 6) is 0.923. The van der Waals surface area contributed by atoms with Crippen LogP contribution in [0.3, 0.4) is 0 Å². The highest BCUT2D eigenvalue weighted by Crippen LogP contribution is 2.22. The Morgan fingerprint density at radius 1 is 1.25 bits per heavy atom. The highest BCUT2D eigenvalue weighted by atomic mass is 15.1. The molecule has 1 saturated carbocycles. The summed E-state index contributed by atoms with van der Waals surface area (Å²) in [6, 6.07) is 0.873. The Morgan fingerprint density at radius 3 is 2.50 bits per heavy atom. The van der Waals surface area contributed by atoms with E-state index >= 15 is 0 Å². The quantitative estimate of drug-likeness (QED) is 0.694. The van der Waals surface area contributed by atoms with Crippen molar-refractivity contribution in [2.45, 2.75) is 45.1 Å². The fourth-order valence-corrected chi connectivity index (χ4v) is 2.40. The molecule has 2 heteroatoms. The van der Waals surface area contributed by atoms with Gasteiger partial charge in [-0.05, 0) is 57.7 Å². The lowest BCUT2D eigenvalue weighted by atomic mass is 9.96. The summed E-state index contributed by atoms with van der Waals surface area (Å²) in [4.78, 5) is 2.57. The molecule has 2 nitrogen and oxygen atoms in total. The molecule has 16 heavy (non-hydrogen) atoms. The topological polar surface area (TPSA) is 15.3 Å². The fourth-order valence-electron chi connectivity index (χ4n) is 2.40. The zero-order chi connectivity index (χ0) is 11.4. The number of likely N-dealkylation sites (tertiary alicyclic amines) is 1. The van der Waals surface area contributed by atoms with Crippen molar-refractivity contribution in [1.82, 2.24) is 10.2 Å². The van der Waals surface area contributed by atoms with Gasteiger partial charge in [0.1, 0.15) is 0 Å². The molecule has 1 N–H and O–H groups in total. The lowest BCUT2D eigenvalue weighted by Gasteiger charge is -2.32. The summed E-state index contributed by atoms with van der Waals surface area (Å²) in [7, 11) is 0. The van der Waals surface area contributed by atoms with Crippen molar-refractivity contribution >= 4 is 0 Å². The van der Waals surface area contributed by atoms with Gasteiger partial charge in [-0.2, -0.15) is 0 Å². The van der Waals surface area contributed by atoms with E-state index in [0.29, 0.717) is 0 Å². The van der Waals surface area contributed by atoms with Crippen LogP contribution in [0.5, 0.6) is 0 Å². The fraction of sp³-hybridized carbons (Fsp3) is 0.857. The van der Waals surface area contributed by atoms with Gasteiger partial charge in [-0.1, -0.05) is 19.1 Å². The molecule has 0 amide bonds. The van der Waals surface area contributed by atoms with Crippen LogP contribution in [0.25, 0.3) is 0 Å². The average Bonchev–Trinajstić information content (AvgIpc) is 3.12. The highest BCUT2D eigenvalue weighted by molar-refractivity contribution is 4.96. The summed E-state index contributed by atoms with van der Waals surface area (Å²) < 4.78 is 0. The Morgan fingerprint density at radius 2 is 1.94 bits per heavy atom. The maximum Gasteiger partial charge on any atom is 0.0190 e. The van der Waals surface area contributed by atoms with E-state index in [0.717, 1.165) is 24.9 Å². The van der Waals surface area contributed by atoms with Gasteiger partial charge in [0, 0.05) is 12.6 Å². The van der Waals surface area contributed by atoms with Gasteiger partial charge in [-0.25, -0.2) is 0 Å². The number of nitrogens with zero attached hydrogens (tertiary/aromatic N) is 1. The number of rotatable bonds is 6. The predicted molar refractivity (Wildman–Crippen MR) is 69.6 cm³/mol. The minimum Gasteiger partial charge on any atom is -0.314 e. The van der Waals surface area contributed by atoms with Gasteiger partial charge >= 0.3 is 0 Å². The number of nitrogens with one attached hydrogen (secondary N) is 1. The zero-order valence-electron chi connectivity index (χ0n) is 10.7. The molecule has 0 bridgehead atoms. The largest absolute Gasteiger partial charge is 0.314 e. The Hall–Kier alpha value is -0.340. The molecule has 1 heterocycles. The first-order chi connectivity index (χ1) is 7.78. The molecule has 0 aromatic rings. The first-order valence-corrected chi connectivity index (χ1v) is 6.90. The summed E-state index contributed by atoms with van der Waals surface area (Å²) in [5.41, 5.74) is 1.38. The molecular formula is C14H26N2. The van der Waals surface area contributed by atoms with Gasteiger partial charge in [0.05, 0.1) is 0 Å². The first-order valence-electron chi connectivity index (χ1n) is 6.90.